The molecule has 0 saturated heterocycles. The van der Waals surface area contributed by atoms with Crippen molar-refractivity contribution in [2.45, 2.75) is 33.7 Å². The lowest BCUT2D eigenvalue weighted by atomic mass is 10.1. The van der Waals surface area contributed by atoms with Gasteiger partial charge in [0.15, 0.2) is 0 Å². The Hall–Kier alpha value is -2.78. The molecular formula is C25H25ClN2O. The topological polar surface area (TPSA) is 27.1 Å². The van der Waals surface area contributed by atoms with Crippen LogP contribution in [-0.4, -0.2) is 16.2 Å². The fraction of sp³-hybridized carbons (Fsp3) is 0.240. The Bertz CT molecular complexity index is 1140. The number of aryl methyl sites for hydroxylation is 4. The number of nitrogens with zero attached hydrogens (tertiary/aromatic N) is 2. The van der Waals surface area contributed by atoms with Gasteiger partial charge < -0.3 is 9.30 Å². The van der Waals surface area contributed by atoms with E-state index < -0.39 is 0 Å². The number of hydrogen-bond acceptors (Lipinski definition) is 2. The minimum atomic E-state index is 0.639. The van der Waals surface area contributed by atoms with Crippen molar-refractivity contribution in [2.24, 2.45) is 0 Å². The molecule has 1 aromatic heterocycles. The van der Waals surface area contributed by atoms with Crippen LogP contribution in [0.5, 0.6) is 5.75 Å². The zero-order chi connectivity index (χ0) is 20.4. The van der Waals surface area contributed by atoms with Crippen LogP contribution in [0, 0.1) is 20.8 Å². The highest BCUT2D eigenvalue weighted by Crippen LogP contribution is 2.28. The minimum absolute atomic E-state index is 0.639. The second-order valence-corrected chi connectivity index (χ2v) is 7.84. The number of aromatic nitrogens is 2. The zero-order valence-corrected chi connectivity index (χ0v) is 17.8. The van der Waals surface area contributed by atoms with E-state index in [0.717, 1.165) is 51.7 Å². The van der Waals surface area contributed by atoms with Gasteiger partial charge in [-0.2, -0.15) is 0 Å². The molecule has 3 nitrogen and oxygen atoms in total. The van der Waals surface area contributed by atoms with Crippen molar-refractivity contribution in [3.05, 3.63) is 82.4 Å². The van der Waals surface area contributed by atoms with Crippen LogP contribution in [0.2, 0.25) is 5.02 Å². The Kier molecular flexibility index (Phi) is 5.59. The molecule has 3 aromatic carbocycles. The molecule has 0 N–H and O–H groups in total. The van der Waals surface area contributed by atoms with Crippen LogP contribution < -0.4 is 4.74 Å². The molecule has 0 aliphatic rings. The van der Waals surface area contributed by atoms with E-state index >= 15 is 0 Å². The molecule has 0 fully saturated rings. The lowest BCUT2D eigenvalue weighted by molar-refractivity contribution is 0.302. The van der Waals surface area contributed by atoms with Gasteiger partial charge in [-0.3, -0.25) is 0 Å². The van der Waals surface area contributed by atoms with Gasteiger partial charge in [0.25, 0.3) is 0 Å². The average molecular weight is 405 g/mol. The molecule has 4 rings (SSSR count). The van der Waals surface area contributed by atoms with Crippen LogP contribution in [-0.2, 0) is 6.54 Å². The number of ether oxygens (including phenoxy) is 1. The van der Waals surface area contributed by atoms with Gasteiger partial charge in [-0.1, -0.05) is 48.0 Å². The first-order chi connectivity index (χ1) is 14.0. The highest BCUT2D eigenvalue weighted by Gasteiger charge is 2.13. The molecule has 0 unspecified atom stereocenters. The normalized spacial score (nSPS) is 11.2. The van der Waals surface area contributed by atoms with E-state index in [4.69, 9.17) is 21.3 Å². The van der Waals surface area contributed by atoms with Crippen molar-refractivity contribution < 1.29 is 4.74 Å². The average Bonchev–Trinajstić information content (AvgIpc) is 3.08. The highest BCUT2D eigenvalue weighted by molar-refractivity contribution is 6.32. The molecule has 0 radical (unpaired) electrons. The fourth-order valence-electron chi connectivity index (χ4n) is 3.73. The summed E-state index contributed by atoms with van der Waals surface area (Å²) in [5, 5.41) is 0.810. The molecule has 0 amide bonds. The van der Waals surface area contributed by atoms with Crippen molar-refractivity contribution in [2.75, 3.05) is 6.61 Å². The second kappa shape index (κ2) is 8.30. The summed E-state index contributed by atoms with van der Waals surface area (Å²) in [7, 11) is 0. The monoisotopic (exact) mass is 404 g/mol. The molecule has 0 aliphatic carbocycles. The van der Waals surface area contributed by atoms with Crippen LogP contribution in [0.1, 0.15) is 23.1 Å². The highest BCUT2D eigenvalue weighted by atomic mass is 35.5. The third-order valence-electron chi connectivity index (χ3n) is 5.25. The van der Waals surface area contributed by atoms with Crippen molar-refractivity contribution in [1.29, 1.82) is 0 Å². The number of fused-ring (bicyclic) bond motifs is 1. The van der Waals surface area contributed by atoms with Crippen molar-refractivity contribution in [3.8, 4) is 17.1 Å². The zero-order valence-electron chi connectivity index (χ0n) is 17.1. The Morgan fingerprint density at radius 1 is 0.897 bits per heavy atom. The first kappa shape index (κ1) is 19.5. The first-order valence-electron chi connectivity index (χ1n) is 9.95. The Balaban J connectivity index is 1.55. The smallest absolute Gasteiger partial charge is 0.141 e. The number of rotatable bonds is 6. The SMILES string of the molecule is Cc1ccccc1-c1nc2ccccc2n1CCCOc1cc(C)c(Cl)c(C)c1. The van der Waals surface area contributed by atoms with E-state index in [9.17, 15) is 0 Å². The van der Waals surface area contributed by atoms with Gasteiger partial charge >= 0.3 is 0 Å². The molecule has 0 atom stereocenters. The molecule has 1 heterocycles. The van der Waals surface area contributed by atoms with Crippen LogP contribution in [0.25, 0.3) is 22.4 Å². The number of hydrogen-bond donors (Lipinski definition) is 0. The molecular weight excluding hydrogens is 380 g/mol. The summed E-state index contributed by atoms with van der Waals surface area (Å²) in [5.74, 6) is 1.89. The molecule has 0 spiro atoms. The van der Waals surface area contributed by atoms with E-state index in [1.165, 1.54) is 11.1 Å². The summed E-state index contributed by atoms with van der Waals surface area (Å²) in [6, 6.07) is 20.7. The second-order valence-electron chi connectivity index (χ2n) is 7.46. The minimum Gasteiger partial charge on any atom is -0.494 e. The van der Waals surface area contributed by atoms with Crippen molar-refractivity contribution in [1.82, 2.24) is 9.55 Å². The summed E-state index contributed by atoms with van der Waals surface area (Å²) in [6.07, 6.45) is 0.889. The lowest BCUT2D eigenvalue weighted by Gasteiger charge is -2.13. The van der Waals surface area contributed by atoms with Crippen molar-refractivity contribution >= 4 is 22.6 Å². The van der Waals surface area contributed by atoms with E-state index in [-0.39, 0.29) is 0 Å². The molecule has 0 saturated carbocycles. The molecule has 4 heteroatoms. The summed E-state index contributed by atoms with van der Waals surface area (Å²) in [6.45, 7) is 7.63. The van der Waals surface area contributed by atoms with Crippen LogP contribution in [0.3, 0.4) is 0 Å². The third-order valence-corrected chi connectivity index (χ3v) is 5.84. The maximum atomic E-state index is 6.26. The standard InChI is InChI=1S/C25H25ClN2O/c1-17-9-4-5-10-21(17)25-27-22-11-6-7-12-23(22)28(25)13-8-14-29-20-15-18(2)24(26)19(3)16-20/h4-7,9-12,15-16H,8,13-14H2,1-3H3. The predicted octanol–water partition coefficient (Wildman–Crippen LogP) is 6.75. The van der Waals surface area contributed by atoms with Gasteiger partial charge in [0.2, 0.25) is 0 Å². The molecule has 0 aliphatic heterocycles. The first-order valence-corrected chi connectivity index (χ1v) is 10.3. The van der Waals surface area contributed by atoms with E-state index in [1.54, 1.807) is 0 Å². The van der Waals surface area contributed by atoms with Gasteiger partial charge in [-0.25, -0.2) is 4.98 Å². The van der Waals surface area contributed by atoms with Gasteiger partial charge in [0.1, 0.15) is 11.6 Å². The van der Waals surface area contributed by atoms with Crippen LogP contribution >= 0.6 is 11.6 Å². The lowest BCUT2D eigenvalue weighted by Crippen LogP contribution is -2.06. The van der Waals surface area contributed by atoms with Gasteiger partial charge in [-0.15, -0.1) is 0 Å². The van der Waals surface area contributed by atoms with E-state index in [0.29, 0.717) is 6.61 Å². The predicted molar refractivity (Wildman–Crippen MR) is 121 cm³/mol. The third kappa shape index (κ3) is 4.01. The molecule has 0 bridgehead atoms. The van der Waals surface area contributed by atoms with Gasteiger partial charge in [0, 0.05) is 17.1 Å². The summed E-state index contributed by atoms with van der Waals surface area (Å²) in [5.41, 5.74) is 6.67. The quantitative estimate of drug-likeness (QED) is 0.332. The Labute approximate surface area is 176 Å². The molecule has 29 heavy (non-hydrogen) atoms. The maximum Gasteiger partial charge on any atom is 0.141 e. The Morgan fingerprint density at radius 3 is 2.34 bits per heavy atom. The fourth-order valence-corrected chi connectivity index (χ4v) is 3.84. The van der Waals surface area contributed by atoms with Crippen molar-refractivity contribution in [3.63, 3.8) is 0 Å². The molecule has 148 valence electrons. The largest absolute Gasteiger partial charge is 0.494 e. The number of para-hydroxylation sites is 2. The summed E-state index contributed by atoms with van der Waals surface area (Å²) in [4.78, 5) is 4.92. The van der Waals surface area contributed by atoms with E-state index in [2.05, 4.69) is 54.0 Å². The Morgan fingerprint density at radius 2 is 1.59 bits per heavy atom. The summed E-state index contributed by atoms with van der Waals surface area (Å²) >= 11 is 6.26. The maximum absolute atomic E-state index is 6.26. The van der Waals surface area contributed by atoms with Gasteiger partial charge in [0.05, 0.1) is 17.6 Å². The number of halogens is 1. The van der Waals surface area contributed by atoms with E-state index in [1.807, 2.05) is 32.0 Å². The number of benzene rings is 3. The molecule has 4 aromatic rings. The van der Waals surface area contributed by atoms with Crippen LogP contribution in [0.4, 0.5) is 0 Å². The number of imidazole rings is 1. The van der Waals surface area contributed by atoms with Crippen LogP contribution in [0.15, 0.2) is 60.7 Å². The summed E-state index contributed by atoms with van der Waals surface area (Å²) < 4.78 is 8.31. The van der Waals surface area contributed by atoms with Gasteiger partial charge in [-0.05, 0) is 68.1 Å².